The highest BCUT2D eigenvalue weighted by molar-refractivity contribution is 5.96. The van der Waals surface area contributed by atoms with E-state index in [0.717, 1.165) is 23.5 Å². The number of nitrogens with zero attached hydrogens (tertiary/aromatic N) is 2. The number of carbonyl (C=O) groups excluding carboxylic acids is 2. The molecule has 0 aliphatic carbocycles. The minimum atomic E-state index is -4.63. The van der Waals surface area contributed by atoms with Crippen LogP contribution in [0.5, 0.6) is 0 Å². The monoisotopic (exact) mass is 412 g/mol. The molecule has 0 radical (unpaired) electrons. The lowest BCUT2D eigenvalue weighted by Crippen LogP contribution is -2.44. The average molecular weight is 412 g/mol. The first-order valence-electron chi connectivity index (χ1n) is 8.87. The topological polar surface area (TPSA) is 96.7 Å². The Balaban J connectivity index is 1.72. The second-order valence-corrected chi connectivity index (χ2v) is 6.42. The maximum atomic E-state index is 13.2. The van der Waals surface area contributed by atoms with Crippen LogP contribution in [-0.2, 0) is 15.7 Å². The van der Waals surface area contributed by atoms with Crippen molar-refractivity contribution in [3.63, 3.8) is 0 Å². The molecule has 1 saturated heterocycles. The molecule has 11 heteroatoms. The molecule has 1 unspecified atom stereocenters. The molecule has 8 nitrogen and oxygen atoms in total. The number of alkyl halides is 3. The highest BCUT2D eigenvalue weighted by Crippen LogP contribution is 2.34. The smallest absolute Gasteiger partial charge is 0.376 e. The van der Waals surface area contributed by atoms with Gasteiger partial charge in [-0.3, -0.25) is 4.79 Å². The molecule has 2 N–H and O–H groups in total. The fourth-order valence-corrected chi connectivity index (χ4v) is 2.92. The number of hydrogen-bond donors (Lipinski definition) is 2. The van der Waals surface area contributed by atoms with Crippen molar-refractivity contribution in [3.8, 4) is 0 Å². The van der Waals surface area contributed by atoms with Crippen molar-refractivity contribution in [2.75, 3.05) is 30.3 Å². The van der Waals surface area contributed by atoms with Crippen molar-refractivity contribution >= 4 is 23.4 Å². The van der Waals surface area contributed by atoms with E-state index in [1.54, 1.807) is 0 Å². The van der Waals surface area contributed by atoms with E-state index in [9.17, 15) is 22.8 Å². The third kappa shape index (κ3) is 5.70. The quantitative estimate of drug-likeness (QED) is 0.759. The lowest BCUT2D eigenvalue weighted by molar-refractivity contribution is -0.137. The molecule has 1 aliphatic rings. The minimum absolute atomic E-state index is 0.0618. The molecule has 0 spiro atoms. The fourth-order valence-electron chi connectivity index (χ4n) is 2.92. The van der Waals surface area contributed by atoms with Gasteiger partial charge in [-0.1, -0.05) is 17.3 Å². The number of urea groups is 1. The number of benzene rings is 1. The summed E-state index contributed by atoms with van der Waals surface area (Å²) in [6, 6.07) is 5.22. The predicted molar refractivity (Wildman–Crippen MR) is 96.1 cm³/mol. The second-order valence-electron chi connectivity index (χ2n) is 6.42. The largest absolute Gasteiger partial charge is 0.418 e. The standard InChI is InChI=1S/C18H19F3N4O4/c19-18(20,21)13-5-1-2-6-14(13)22-17(27)25(10-12-4-3-8-28-12)11-16(26)23-15-7-9-29-24-15/h1-2,5-7,9,12H,3-4,8,10-11H2,(H,22,27)(H,23,24,26). The number of nitrogens with one attached hydrogen (secondary N) is 2. The number of hydrogen-bond acceptors (Lipinski definition) is 5. The van der Waals surface area contributed by atoms with Crippen LogP contribution in [0.25, 0.3) is 0 Å². The number of ether oxygens (including phenoxy) is 1. The van der Waals surface area contributed by atoms with Gasteiger partial charge in [-0.05, 0) is 25.0 Å². The van der Waals surface area contributed by atoms with Gasteiger partial charge in [0.25, 0.3) is 0 Å². The van der Waals surface area contributed by atoms with Crippen LogP contribution in [-0.4, -0.2) is 47.8 Å². The summed E-state index contributed by atoms with van der Waals surface area (Å²) in [5.41, 5.74) is -1.36. The first-order valence-corrected chi connectivity index (χ1v) is 8.87. The van der Waals surface area contributed by atoms with Gasteiger partial charge >= 0.3 is 12.2 Å². The zero-order valence-electron chi connectivity index (χ0n) is 15.2. The lowest BCUT2D eigenvalue weighted by atomic mass is 10.1. The Morgan fingerprint density at radius 1 is 1.21 bits per heavy atom. The van der Waals surface area contributed by atoms with Gasteiger partial charge in [0.05, 0.1) is 17.4 Å². The van der Waals surface area contributed by atoms with Crippen LogP contribution in [0.3, 0.4) is 0 Å². The van der Waals surface area contributed by atoms with Crippen LogP contribution in [0.2, 0.25) is 0 Å². The Morgan fingerprint density at radius 3 is 2.66 bits per heavy atom. The third-order valence-electron chi connectivity index (χ3n) is 4.25. The van der Waals surface area contributed by atoms with Gasteiger partial charge in [-0.15, -0.1) is 0 Å². The van der Waals surface area contributed by atoms with E-state index in [1.807, 2.05) is 0 Å². The predicted octanol–water partition coefficient (Wildman–Crippen LogP) is 3.35. The highest BCUT2D eigenvalue weighted by atomic mass is 19.4. The van der Waals surface area contributed by atoms with Gasteiger partial charge in [-0.2, -0.15) is 13.2 Å². The summed E-state index contributed by atoms with van der Waals surface area (Å²) >= 11 is 0. The highest BCUT2D eigenvalue weighted by Gasteiger charge is 2.34. The normalized spacial score (nSPS) is 16.4. The van der Waals surface area contributed by atoms with Crippen molar-refractivity contribution in [3.05, 3.63) is 42.2 Å². The number of rotatable bonds is 6. The van der Waals surface area contributed by atoms with Gasteiger partial charge < -0.3 is 24.8 Å². The summed E-state index contributed by atoms with van der Waals surface area (Å²) in [4.78, 5) is 26.0. The zero-order chi connectivity index (χ0) is 20.9. The Labute approximate surface area is 164 Å². The Morgan fingerprint density at radius 2 is 2.00 bits per heavy atom. The SMILES string of the molecule is O=C(CN(CC1CCCO1)C(=O)Nc1ccccc1C(F)(F)F)Nc1ccon1. The lowest BCUT2D eigenvalue weighted by Gasteiger charge is -2.25. The molecule has 0 saturated carbocycles. The van der Waals surface area contributed by atoms with E-state index in [2.05, 4.69) is 20.3 Å². The number of para-hydroxylation sites is 1. The molecule has 1 aromatic carbocycles. The molecule has 2 aromatic rings. The molecule has 1 atom stereocenters. The summed E-state index contributed by atoms with van der Waals surface area (Å²) < 4.78 is 49.7. The number of carbonyl (C=O) groups is 2. The maximum absolute atomic E-state index is 13.2. The van der Waals surface area contributed by atoms with Crippen LogP contribution in [0.15, 0.2) is 41.1 Å². The first kappa shape index (κ1) is 20.6. The van der Waals surface area contributed by atoms with E-state index in [4.69, 9.17) is 4.74 Å². The van der Waals surface area contributed by atoms with E-state index in [-0.39, 0.29) is 24.2 Å². The van der Waals surface area contributed by atoms with Gasteiger partial charge in [0.2, 0.25) is 5.91 Å². The zero-order valence-corrected chi connectivity index (χ0v) is 15.2. The van der Waals surface area contributed by atoms with Crippen LogP contribution in [0.1, 0.15) is 18.4 Å². The second kappa shape index (κ2) is 8.95. The summed E-state index contributed by atoms with van der Waals surface area (Å²) in [6.07, 6.45) is -2.16. The molecular weight excluding hydrogens is 393 g/mol. The number of halogens is 3. The van der Waals surface area contributed by atoms with E-state index < -0.39 is 30.2 Å². The van der Waals surface area contributed by atoms with Crippen molar-refractivity contribution in [1.29, 1.82) is 0 Å². The van der Waals surface area contributed by atoms with Gasteiger partial charge in [0, 0.05) is 19.2 Å². The minimum Gasteiger partial charge on any atom is -0.376 e. The van der Waals surface area contributed by atoms with Crippen LogP contribution < -0.4 is 10.6 Å². The molecule has 29 heavy (non-hydrogen) atoms. The van der Waals surface area contributed by atoms with Crippen LogP contribution in [0, 0.1) is 0 Å². The summed E-state index contributed by atoms with van der Waals surface area (Å²) in [5.74, 6) is -0.411. The van der Waals surface area contributed by atoms with Crippen molar-refractivity contribution in [1.82, 2.24) is 10.1 Å². The van der Waals surface area contributed by atoms with Crippen LogP contribution >= 0.6 is 0 Å². The van der Waals surface area contributed by atoms with Gasteiger partial charge in [0.1, 0.15) is 12.8 Å². The summed E-state index contributed by atoms with van der Waals surface area (Å²) in [6.45, 7) is 0.196. The third-order valence-corrected chi connectivity index (χ3v) is 4.25. The average Bonchev–Trinajstić information content (AvgIpc) is 3.35. The molecule has 1 aromatic heterocycles. The van der Waals surface area contributed by atoms with Crippen LogP contribution in [0.4, 0.5) is 29.5 Å². The molecule has 3 rings (SSSR count). The maximum Gasteiger partial charge on any atom is 0.418 e. The Kier molecular flexibility index (Phi) is 6.37. The van der Waals surface area contributed by atoms with Crippen molar-refractivity contribution in [2.45, 2.75) is 25.1 Å². The van der Waals surface area contributed by atoms with Crippen molar-refractivity contribution < 1.29 is 32.0 Å². The first-order chi connectivity index (χ1) is 13.8. The fraction of sp³-hybridized carbons (Fsp3) is 0.389. The Hall–Kier alpha value is -3.08. The van der Waals surface area contributed by atoms with Gasteiger partial charge in [0.15, 0.2) is 5.82 Å². The number of anilines is 2. The molecule has 156 valence electrons. The van der Waals surface area contributed by atoms with Gasteiger partial charge in [-0.25, -0.2) is 4.79 Å². The molecular formula is C18H19F3N4O4. The molecule has 2 heterocycles. The van der Waals surface area contributed by atoms with E-state index in [0.29, 0.717) is 13.0 Å². The number of amides is 3. The van der Waals surface area contributed by atoms with Crippen molar-refractivity contribution in [2.24, 2.45) is 0 Å². The molecule has 1 fully saturated rings. The molecule has 0 bridgehead atoms. The summed E-state index contributed by atoms with van der Waals surface area (Å²) in [5, 5.41) is 8.24. The van der Waals surface area contributed by atoms with E-state index >= 15 is 0 Å². The molecule has 3 amide bonds. The van der Waals surface area contributed by atoms with E-state index in [1.165, 1.54) is 24.5 Å². The summed E-state index contributed by atoms with van der Waals surface area (Å²) in [7, 11) is 0. The molecule has 1 aliphatic heterocycles. The number of aromatic nitrogens is 1. The Bertz CT molecular complexity index is 836.